The van der Waals surface area contributed by atoms with Gasteiger partial charge in [0, 0.05) is 37.4 Å². The number of aromatic nitrogens is 5. The Bertz CT molecular complexity index is 930. The summed E-state index contributed by atoms with van der Waals surface area (Å²) < 4.78 is 7.36. The molecule has 0 N–H and O–H groups in total. The number of methoxy groups -OCH3 is 1. The summed E-state index contributed by atoms with van der Waals surface area (Å²) in [6, 6.07) is 9.02. The van der Waals surface area contributed by atoms with Crippen LogP contribution in [0.15, 0.2) is 36.8 Å². The smallest absolute Gasteiger partial charge is 0.231 e. The molecular formula is C19H23N7O. The predicted molar refractivity (Wildman–Crippen MR) is 102 cm³/mol. The van der Waals surface area contributed by atoms with Gasteiger partial charge in [0.2, 0.25) is 11.8 Å². The first-order valence-corrected chi connectivity index (χ1v) is 9.52. The largest absolute Gasteiger partial charge is 0.481 e. The molecule has 4 heterocycles. The number of hydrogen-bond donors (Lipinski definition) is 0. The minimum Gasteiger partial charge on any atom is -0.481 e. The minimum atomic E-state index is 0.479. The topological polar surface area (TPSA) is 71.7 Å². The molecule has 3 aromatic rings. The fraction of sp³-hybridized carbons (Fsp3) is 0.474. The van der Waals surface area contributed by atoms with E-state index in [0.29, 0.717) is 18.0 Å². The van der Waals surface area contributed by atoms with E-state index in [2.05, 4.69) is 34.4 Å². The van der Waals surface area contributed by atoms with Gasteiger partial charge in [0.1, 0.15) is 12.1 Å². The van der Waals surface area contributed by atoms with Crippen molar-refractivity contribution in [2.24, 2.45) is 0 Å². The van der Waals surface area contributed by atoms with Crippen LogP contribution >= 0.6 is 0 Å². The third kappa shape index (κ3) is 3.05. The molecule has 0 atom stereocenters. The third-order valence-corrected chi connectivity index (χ3v) is 5.48. The van der Waals surface area contributed by atoms with Crippen molar-refractivity contribution in [1.29, 1.82) is 0 Å². The Morgan fingerprint density at radius 1 is 1.04 bits per heavy atom. The molecule has 0 spiro atoms. The van der Waals surface area contributed by atoms with Crippen LogP contribution in [0.4, 0.5) is 11.8 Å². The van der Waals surface area contributed by atoms with Gasteiger partial charge in [-0.05, 0) is 37.8 Å². The van der Waals surface area contributed by atoms with Gasteiger partial charge in [0.15, 0.2) is 5.65 Å². The van der Waals surface area contributed by atoms with Crippen molar-refractivity contribution in [2.45, 2.75) is 37.8 Å². The molecule has 1 saturated carbocycles. The number of anilines is 2. The highest BCUT2D eigenvalue weighted by Crippen LogP contribution is 2.36. The van der Waals surface area contributed by atoms with E-state index in [1.165, 1.54) is 12.8 Å². The SMILES string of the molecule is COc1cc(N(C2CC2)C2CCN(c3nnc4ccccn34)CC2)ncn1. The van der Waals surface area contributed by atoms with Gasteiger partial charge in [-0.1, -0.05) is 6.07 Å². The molecule has 0 aromatic carbocycles. The van der Waals surface area contributed by atoms with E-state index in [1.807, 2.05) is 30.5 Å². The number of ether oxygens (including phenoxy) is 1. The first-order chi connectivity index (χ1) is 13.3. The summed E-state index contributed by atoms with van der Waals surface area (Å²) in [5.74, 6) is 2.54. The molecule has 8 heteroatoms. The van der Waals surface area contributed by atoms with Gasteiger partial charge in [-0.25, -0.2) is 9.97 Å². The first-order valence-electron chi connectivity index (χ1n) is 9.52. The maximum atomic E-state index is 5.30. The quantitative estimate of drug-likeness (QED) is 0.686. The Morgan fingerprint density at radius 3 is 2.63 bits per heavy atom. The highest BCUT2D eigenvalue weighted by atomic mass is 16.5. The van der Waals surface area contributed by atoms with E-state index in [1.54, 1.807) is 13.4 Å². The third-order valence-electron chi connectivity index (χ3n) is 5.48. The van der Waals surface area contributed by atoms with Gasteiger partial charge in [0.25, 0.3) is 0 Å². The van der Waals surface area contributed by atoms with Crippen LogP contribution in [0.3, 0.4) is 0 Å². The Kier molecular flexibility index (Phi) is 4.03. The average Bonchev–Trinajstić information content (AvgIpc) is 3.46. The van der Waals surface area contributed by atoms with Crippen molar-refractivity contribution < 1.29 is 4.74 Å². The highest BCUT2D eigenvalue weighted by Gasteiger charge is 2.37. The number of pyridine rings is 1. The van der Waals surface area contributed by atoms with Crippen LogP contribution in [0.2, 0.25) is 0 Å². The molecule has 1 saturated heterocycles. The molecule has 0 bridgehead atoms. The lowest BCUT2D eigenvalue weighted by Gasteiger charge is -2.39. The summed E-state index contributed by atoms with van der Waals surface area (Å²) in [5, 5.41) is 8.69. The fourth-order valence-corrected chi connectivity index (χ4v) is 4.00. The molecule has 140 valence electrons. The number of fused-ring (bicyclic) bond motifs is 1. The Labute approximate surface area is 157 Å². The van der Waals surface area contributed by atoms with Gasteiger partial charge in [0.05, 0.1) is 7.11 Å². The molecular weight excluding hydrogens is 342 g/mol. The van der Waals surface area contributed by atoms with E-state index >= 15 is 0 Å². The van der Waals surface area contributed by atoms with Gasteiger partial charge in [-0.3, -0.25) is 4.40 Å². The summed E-state index contributed by atoms with van der Waals surface area (Å²) in [4.78, 5) is 13.5. The highest BCUT2D eigenvalue weighted by molar-refractivity contribution is 5.48. The van der Waals surface area contributed by atoms with Crippen LogP contribution in [0.5, 0.6) is 5.88 Å². The molecule has 2 aliphatic rings. The van der Waals surface area contributed by atoms with Crippen LogP contribution in [-0.4, -0.2) is 56.8 Å². The van der Waals surface area contributed by atoms with E-state index in [9.17, 15) is 0 Å². The number of hydrogen-bond acceptors (Lipinski definition) is 7. The second kappa shape index (κ2) is 6.68. The molecule has 0 radical (unpaired) electrons. The lowest BCUT2D eigenvalue weighted by atomic mass is 10.0. The summed E-state index contributed by atoms with van der Waals surface area (Å²) in [6.07, 6.45) is 8.25. The van der Waals surface area contributed by atoms with Crippen molar-refractivity contribution in [1.82, 2.24) is 24.6 Å². The van der Waals surface area contributed by atoms with Crippen LogP contribution < -0.4 is 14.5 Å². The van der Waals surface area contributed by atoms with Crippen molar-refractivity contribution in [2.75, 3.05) is 30.0 Å². The molecule has 0 amide bonds. The molecule has 0 unspecified atom stereocenters. The van der Waals surface area contributed by atoms with Crippen molar-refractivity contribution in [3.63, 3.8) is 0 Å². The molecule has 5 rings (SSSR count). The van der Waals surface area contributed by atoms with Crippen LogP contribution in [0, 0.1) is 0 Å². The first kappa shape index (κ1) is 16.3. The number of piperidine rings is 1. The maximum absolute atomic E-state index is 5.30. The summed E-state index contributed by atoms with van der Waals surface area (Å²) in [7, 11) is 1.65. The fourth-order valence-electron chi connectivity index (χ4n) is 4.00. The summed E-state index contributed by atoms with van der Waals surface area (Å²) in [6.45, 7) is 1.93. The molecule has 1 aliphatic heterocycles. The van der Waals surface area contributed by atoms with E-state index in [0.717, 1.165) is 43.3 Å². The maximum Gasteiger partial charge on any atom is 0.231 e. The zero-order chi connectivity index (χ0) is 18.2. The normalized spacial score (nSPS) is 18.0. The lowest BCUT2D eigenvalue weighted by Crippen LogP contribution is -2.47. The summed E-state index contributed by atoms with van der Waals surface area (Å²) in [5.41, 5.74) is 0.891. The van der Waals surface area contributed by atoms with Crippen LogP contribution in [0.1, 0.15) is 25.7 Å². The van der Waals surface area contributed by atoms with E-state index < -0.39 is 0 Å². The second-order valence-electron chi connectivity index (χ2n) is 7.20. The van der Waals surface area contributed by atoms with Gasteiger partial charge in [-0.2, -0.15) is 0 Å². The Morgan fingerprint density at radius 2 is 1.85 bits per heavy atom. The molecule has 1 aliphatic carbocycles. The lowest BCUT2D eigenvalue weighted by molar-refractivity contribution is 0.395. The van der Waals surface area contributed by atoms with Gasteiger partial charge < -0.3 is 14.5 Å². The van der Waals surface area contributed by atoms with Gasteiger partial charge >= 0.3 is 0 Å². The number of nitrogens with zero attached hydrogens (tertiary/aromatic N) is 7. The standard InChI is InChI=1S/C19H23N7O/c1-27-18-12-17(20-13-21-18)26(14-5-6-14)15-7-10-24(11-8-15)19-23-22-16-4-2-3-9-25(16)19/h2-4,9,12-15H,5-8,10-11H2,1H3. The Hall–Kier alpha value is -2.90. The number of rotatable bonds is 5. The van der Waals surface area contributed by atoms with Gasteiger partial charge in [-0.15, -0.1) is 10.2 Å². The molecule has 8 nitrogen and oxygen atoms in total. The Balaban J connectivity index is 1.34. The summed E-state index contributed by atoms with van der Waals surface area (Å²) >= 11 is 0. The van der Waals surface area contributed by atoms with Crippen LogP contribution in [-0.2, 0) is 0 Å². The van der Waals surface area contributed by atoms with E-state index in [4.69, 9.17) is 4.74 Å². The minimum absolute atomic E-state index is 0.479. The van der Waals surface area contributed by atoms with Crippen molar-refractivity contribution >= 4 is 17.4 Å². The van der Waals surface area contributed by atoms with Crippen molar-refractivity contribution in [3.05, 3.63) is 36.8 Å². The second-order valence-corrected chi connectivity index (χ2v) is 7.20. The molecule has 3 aromatic heterocycles. The van der Waals surface area contributed by atoms with Crippen molar-refractivity contribution in [3.8, 4) is 5.88 Å². The molecule has 2 fully saturated rings. The zero-order valence-corrected chi connectivity index (χ0v) is 15.4. The van der Waals surface area contributed by atoms with E-state index in [-0.39, 0.29) is 0 Å². The molecule has 27 heavy (non-hydrogen) atoms. The predicted octanol–water partition coefficient (Wildman–Crippen LogP) is 2.17. The average molecular weight is 365 g/mol. The van der Waals surface area contributed by atoms with Crippen LogP contribution in [0.25, 0.3) is 5.65 Å². The monoisotopic (exact) mass is 365 g/mol. The zero-order valence-electron chi connectivity index (χ0n) is 15.4.